The zero-order chi connectivity index (χ0) is 22.5. The number of hydrogen-bond donors (Lipinski definition) is 0. The van der Waals surface area contributed by atoms with Crippen molar-refractivity contribution in [2.45, 2.75) is 31.1 Å². The summed E-state index contributed by atoms with van der Waals surface area (Å²) in [7, 11) is 0. The maximum absolute atomic E-state index is 5.05. The van der Waals surface area contributed by atoms with Gasteiger partial charge in [-0.15, -0.1) is 0 Å². The van der Waals surface area contributed by atoms with Gasteiger partial charge in [-0.3, -0.25) is 0 Å². The van der Waals surface area contributed by atoms with Crippen molar-refractivity contribution in [1.29, 1.82) is 0 Å². The third-order valence-electron chi connectivity index (χ3n) is 6.12. The van der Waals surface area contributed by atoms with Gasteiger partial charge in [0.05, 0.1) is 0 Å². The molecule has 5 aromatic rings. The molecule has 158 valence electrons. The third-order valence-corrected chi connectivity index (χ3v) is 10.3. The predicted octanol–water partition coefficient (Wildman–Crippen LogP) is 7.28. The van der Waals surface area contributed by atoms with E-state index in [0.717, 1.165) is 22.2 Å². The van der Waals surface area contributed by atoms with Gasteiger partial charge in [0.25, 0.3) is 0 Å². The minimum atomic E-state index is -2.18. The average Bonchev–Trinajstić information content (AvgIpc) is 2.77. The van der Waals surface area contributed by atoms with Gasteiger partial charge < -0.3 is 0 Å². The summed E-state index contributed by atoms with van der Waals surface area (Å²) in [5.41, 5.74) is 8.34. The molecule has 2 nitrogen and oxygen atoms in total. The van der Waals surface area contributed by atoms with E-state index >= 15 is 0 Å². The number of fused-ring (bicyclic) bond motifs is 3. The first kappa shape index (κ1) is 20.9. The third kappa shape index (κ3) is 3.73. The molecular weight excluding hydrogens is 449 g/mol. The van der Waals surface area contributed by atoms with Gasteiger partial charge in [0, 0.05) is 0 Å². The molecule has 3 heteroatoms. The molecule has 32 heavy (non-hydrogen) atoms. The molecule has 0 bridgehead atoms. The molecule has 3 aromatic carbocycles. The van der Waals surface area contributed by atoms with Crippen LogP contribution in [0.4, 0.5) is 0 Å². The Labute approximate surface area is 192 Å². The van der Waals surface area contributed by atoms with Gasteiger partial charge in [-0.1, -0.05) is 0 Å². The zero-order valence-corrected chi connectivity index (χ0v) is 21.5. The number of aryl methyl sites for hydroxylation is 2. The molecule has 0 saturated heterocycles. The molecule has 0 spiro atoms. The minimum absolute atomic E-state index is 1.01. The number of pyridine rings is 2. The SMILES string of the molecule is Cc1cc(C)cc(-c2nccc3c2cnc2[c]([Ge]([CH3])([CH3])[CH3])cc(-c4ccccc4)cc23)c1. The number of aromatic nitrogens is 2. The predicted molar refractivity (Wildman–Crippen MR) is 140 cm³/mol. The summed E-state index contributed by atoms with van der Waals surface area (Å²) < 4.78 is 1.45. The van der Waals surface area contributed by atoms with Crippen LogP contribution in [0, 0.1) is 13.8 Å². The number of benzene rings is 3. The van der Waals surface area contributed by atoms with Gasteiger partial charge in [-0.25, -0.2) is 0 Å². The summed E-state index contributed by atoms with van der Waals surface area (Å²) in [6, 6.07) is 24.2. The quantitative estimate of drug-likeness (QED) is 0.202. The van der Waals surface area contributed by atoms with E-state index in [9.17, 15) is 0 Å². The number of nitrogens with zero attached hydrogens (tertiary/aromatic N) is 2. The van der Waals surface area contributed by atoms with Crippen LogP contribution < -0.4 is 4.40 Å². The molecular formula is C29H28GeN2. The van der Waals surface area contributed by atoms with Gasteiger partial charge in [-0.05, 0) is 0 Å². The Morgan fingerprint density at radius 1 is 0.625 bits per heavy atom. The van der Waals surface area contributed by atoms with Gasteiger partial charge >= 0.3 is 193 Å². The Kier molecular flexibility index (Phi) is 5.13. The molecule has 0 aliphatic carbocycles. The Morgan fingerprint density at radius 3 is 2.03 bits per heavy atom. The van der Waals surface area contributed by atoms with E-state index in [2.05, 4.69) is 97.8 Å². The van der Waals surface area contributed by atoms with Crippen LogP contribution in [0.15, 0.2) is 79.1 Å². The van der Waals surface area contributed by atoms with Gasteiger partial charge in [0.1, 0.15) is 0 Å². The summed E-state index contributed by atoms with van der Waals surface area (Å²) in [5.74, 6) is 7.34. The van der Waals surface area contributed by atoms with Crippen molar-refractivity contribution in [1.82, 2.24) is 9.97 Å². The Bertz CT molecular complexity index is 1440. The normalized spacial score (nSPS) is 11.9. The Balaban J connectivity index is 1.87. The van der Waals surface area contributed by atoms with Crippen molar-refractivity contribution in [2.24, 2.45) is 0 Å². The molecule has 0 radical (unpaired) electrons. The summed E-state index contributed by atoms with van der Waals surface area (Å²) in [5, 5.41) is 3.57. The van der Waals surface area contributed by atoms with Crippen LogP contribution in [0.5, 0.6) is 0 Å². The summed E-state index contributed by atoms with van der Waals surface area (Å²) in [4.78, 5) is 9.84. The van der Waals surface area contributed by atoms with Crippen LogP contribution >= 0.6 is 0 Å². The second-order valence-electron chi connectivity index (χ2n) is 9.79. The van der Waals surface area contributed by atoms with Crippen molar-refractivity contribution < 1.29 is 0 Å². The van der Waals surface area contributed by atoms with Crippen LogP contribution in [-0.4, -0.2) is 23.2 Å². The molecule has 0 aliphatic rings. The maximum atomic E-state index is 5.05. The standard InChI is InChI=1S/C29H28GeN2/c1-19-13-20(2)15-23(14-19)28-26-18-32-29-25(24(26)11-12-31-28)16-22(17-27(29)30(3,4)5)21-9-7-6-8-10-21/h6-18H,1-5H3. The molecule has 0 N–H and O–H groups in total. The van der Waals surface area contributed by atoms with Crippen molar-refractivity contribution in [3.05, 3.63) is 90.3 Å². The van der Waals surface area contributed by atoms with E-state index < -0.39 is 13.3 Å². The van der Waals surface area contributed by atoms with Gasteiger partial charge in [0.15, 0.2) is 0 Å². The monoisotopic (exact) mass is 478 g/mol. The average molecular weight is 477 g/mol. The summed E-state index contributed by atoms with van der Waals surface area (Å²) >= 11 is -2.18. The second-order valence-corrected chi connectivity index (χ2v) is 20.4. The van der Waals surface area contributed by atoms with Crippen LogP contribution in [0.1, 0.15) is 11.1 Å². The zero-order valence-electron chi connectivity index (χ0n) is 19.4. The molecule has 0 atom stereocenters. The first-order chi connectivity index (χ1) is 15.3. The molecule has 0 saturated carbocycles. The fraction of sp³-hybridized carbons (Fsp3) is 0.172. The molecule has 0 fully saturated rings. The topological polar surface area (TPSA) is 25.8 Å². The van der Waals surface area contributed by atoms with E-state index in [4.69, 9.17) is 9.97 Å². The Hall–Kier alpha value is -2.98. The second kappa shape index (κ2) is 7.86. The van der Waals surface area contributed by atoms with Crippen LogP contribution in [0.25, 0.3) is 44.1 Å². The van der Waals surface area contributed by atoms with Crippen molar-refractivity contribution in [3.8, 4) is 22.4 Å². The summed E-state index contributed by atoms with van der Waals surface area (Å²) in [6.07, 6.45) is 3.99. The Morgan fingerprint density at radius 2 is 1.34 bits per heavy atom. The van der Waals surface area contributed by atoms with Crippen molar-refractivity contribution in [3.63, 3.8) is 0 Å². The van der Waals surface area contributed by atoms with Gasteiger partial charge in [-0.2, -0.15) is 0 Å². The fourth-order valence-corrected chi connectivity index (χ4v) is 7.80. The van der Waals surface area contributed by atoms with E-state index in [1.165, 1.54) is 37.4 Å². The summed E-state index contributed by atoms with van der Waals surface area (Å²) in [6.45, 7) is 4.28. The van der Waals surface area contributed by atoms with E-state index in [-0.39, 0.29) is 0 Å². The van der Waals surface area contributed by atoms with Gasteiger partial charge in [0.2, 0.25) is 0 Å². The first-order valence-electron chi connectivity index (χ1n) is 11.2. The molecule has 0 amide bonds. The van der Waals surface area contributed by atoms with E-state index in [0.29, 0.717) is 0 Å². The van der Waals surface area contributed by atoms with Crippen molar-refractivity contribution >= 4 is 39.3 Å². The van der Waals surface area contributed by atoms with Crippen LogP contribution in [0.2, 0.25) is 17.3 Å². The van der Waals surface area contributed by atoms with E-state index in [1.54, 1.807) is 0 Å². The number of hydrogen-bond acceptors (Lipinski definition) is 2. The van der Waals surface area contributed by atoms with E-state index in [1.807, 2.05) is 12.4 Å². The first-order valence-corrected chi connectivity index (χ1v) is 18.5. The molecule has 2 aromatic heterocycles. The van der Waals surface area contributed by atoms with Crippen LogP contribution in [-0.2, 0) is 0 Å². The number of rotatable bonds is 3. The molecule has 0 unspecified atom stereocenters. The molecule has 2 heterocycles. The molecule has 0 aliphatic heterocycles. The molecule has 5 rings (SSSR count). The van der Waals surface area contributed by atoms with Crippen LogP contribution in [0.3, 0.4) is 0 Å². The van der Waals surface area contributed by atoms with Crippen molar-refractivity contribution in [2.75, 3.05) is 0 Å². The fourth-order valence-electron chi connectivity index (χ4n) is 4.66.